The molecule has 0 atom stereocenters. The number of anilines is 2. The van der Waals surface area contributed by atoms with E-state index < -0.39 is 0 Å². The lowest BCUT2D eigenvalue weighted by molar-refractivity contribution is 0.471. The molecule has 1 aliphatic heterocycles. The van der Waals surface area contributed by atoms with Gasteiger partial charge in [-0.3, -0.25) is 4.79 Å². The number of hydrogen-bond donors (Lipinski definition) is 2. The average molecular weight is 458 g/mol. The van der Waals surface area contributed by atoms with Crippen molar-refractivity contribution in [3.8, 4) is 5.82 Å². The second kappa shape index (κ2) is 8.36. The van der Waals surface area contributed by atoms with Crippen molar-refractivity contribution in [1.29, 1.82) is 0 Å². The Kier molecular flexibility index (Phi) is 5.48. The zero-order valence-corrected chi connectivity index (χ0v) is 20.4. The van der Waals surface area contributed by atoms with E-state index in [0.29, 0.717) is 22.8 Å². The van der Waals surface area contributed by atoms with Crippen LogP contribution in [0, 0.1) is 0 Å². The number of aromatic nitrogens is 5. The van der Waals surface area contributed by atoms with E-state index in [1.54, 1.807) is 17.1 Å². The van der Waals surface area contributed by atoms with Crippen LogP contribution >= 0.6 is 0 Å². The van der Waals surface area contributed by atoms with E-state index in [2.05, 4.69) is 59.6 Å². The van der Waals surface area contributed by atoms with Crippen LogP contribution in [0.1, 0.15) is 57.4 Å². The predicted molar refractivity (Wildman–Crippen MR) is 135 cm³/mol. The van der Waals surface area contributed by atoms with Crippen LogP contribution in [0.25, 0.3) is 16.9 Å². The molecule has 176 valence electrons. The molecule has 4 heterocycles. The van der Waals surface area contributed by atoms with Crippen molar-refractivity contribution in [3.63, 3.8) is 0 Å². The molecule has 0 spiro atoms. The van der Waals surface area contributed by atoms with Crippen LogP contribution in [0.5, 0.6) is 0 Å². The number of fused-ring (bicyclic) bond motifs is 2. The van der Waals surface area contributed by atoms with E-state index >= 15 is 0 Å². The van der Waals surface area contributed by atoms with Crippen LogP contribution < -0.4 is 16.2 Å². The first-order valence-electron chi connectivity index (χ1n) is 11.8. The molecular formula is C26H31N7O. The molecule has 4 aromatic rings. The number of rotatable bonds is 4. The summed E-state index contributed by atoms with van der Waals surface area (Å²) in [7, 11) is 0. The normalized spacial score (nSPS) is 13.9. The van der Waals surface area contributed by atoms with Crippen molar-refractivity contribution in [2.75, 3.05) is 11.9 Å². The largest absolute Gasteiger partial charge is 0.324 e. The third-order valence-electron chi connectivity index (χ3n) is 6.29. The van der Waals surface area contributed by atoms with Gasteiger partial charge in [-0.05, 0) is 73.2 Å². The molecule has 0 fully saturated rings. The summed E-state index contributed by atoms with van der Waals surface area (Å²) in [6, 6.07) is 10.3. The molecule has 0 saturated carbocycles. The highest BCUT2D eigenvalue weighted by molar-refractivity contribution is 5.77. The summed E-state index contributed by atoms with van der Waals surface area (Å²) >= 11 is 0. The average Bonchev–Trinajstić information content (AvgIpc) is 3.10. The fourth-order valence-electron chi connectivity index (χ4n) is 4.43. The Morgan fingerprint density at radius 2 is 1.91 bits per heavy atom. The van der Waals surface area contributed by atoms with E-state index in [-0.39, 0.29) is 17.0 Å². The second-order valence-electron chi connectivity index (χ2n) is 10.2. The van der Waals surface area contributed by atoms with Crippen LogP contribution in [0.2, 0.25) is 0 Å². The van der Waals surface area contributed by atoms with Gasteiger partial charge in [-0.2, -0.15) is 4.98 Å². The van der Waals surface area contributed by atoms with Gasteiger partial charge in [0.05, 0.1) is 0 Å². The maximum atomic E-state index is 13.3. The minimum atomic E-state index is -0.126. The van der Waals surface area contributed by atoms with E-state index in [0.717, 1.165) is 30.8 Å². The lowest BCUT2D eigenvalue weighted by Gasteiger charge is -2.21. The van der Waals surface area contributed by atoms with Gasteiger partial charge in [-0.25, -0.2) is 19.3 Å². The van der Waals surface area contributed by atoms with Gasteiger partial charge in [-0.1, -0.05) is 26.8 Å². The molecule has 3 aromatic heterocycles. The van der Waals surface area contributed by atoms with Gasteiger partial charge in [-0.15, -0.1) is 0 Å². The quantitative estimate of drug-likeness (QED) is 0.476. The Hall–Kier alpha value is -3.52. The van der Waals surface area contributed by atoms with Crippen LogP contribution in [0.15, 0.2) is 47.5 Å². The van der Waals surface area contributed by atoms with Gasteiger partial charge in [0, 0.05) is 30.7 Å². The molecule has 0 aliphatic carbocycles. The predicted octanol–water partition coefficient (Wildman–Crippen LogP) is 4.24. The van der Waals surface area contributed by atoms with Crippen molar-refractivity contribution >= 4 is 22.7 Å². The Labute approximate surface area is 199 Å². The number of nitrogens with one attached hydrogen (secondary N) is 2. The zero-order chi connectivity index (χ0) is 24.0. The number of benzene rings is 1. The first-order chi connectivity index (χ1) is 16.2. The highest BCUT2D eigenvalue weighted by Gasteiger charge is 2.22. The van der Waals surface area contributed by atoms with Crippen LogP contribution in [0.4, 0.5) is 11.6 Å². The van der Waals surface area contributed by atoms with Crippen LogP contribution in [-0.4, -0.2) is 30.9 Å². The molecule has 1 aliphatic rings. The smallest absolute Gasteiger partial charge is 0.278 e. The highest BCUT2D eigenvalue weighted by atomic mass is 16.1. The highest BCUT2D eigenvalue weighted by Crippen LogP contribution is 2.26. The summed E-state index contributed by atoms with van der Waals surface area (Å²) in [4.78, 5) is 27.1. The van der Waals surface area contributed by atoms with Gasteiger partial charge in [0.25, 0.3) is 5.56 Å². The fraction of sp³-hybridized carbons (Fsp3) is 0.385. The van der Waals surface area contributed by atoms with E-state index in [1.807, 2.05) is 30.7 Å². The molecule has 8 heteroatoms. The molecular weight excluding hydrogens is 426 g/mol. The van der Waals surface area contributed by atoms with Crippen molar-refractivity contribution in [3.05, 3.63) is 69.8 Å². The summed E-state index contributed by atoms with van der Waals surface area (Å²) in [5.74, 6) is 1.11. The first-order valence-corrected chi connectivity index (χ1v) is 11.8. The maximum absolute atomic E-state index is 13.3. The van der Waals surface area contributed by atoms with Crippen molar-refractivity contribution < 1.29 is 0 Å². The second-order valence-corrected chi connectivity index (χ2v) is 10.2. The van der Waals surface area contributed by atoms with Crippen LogP contribution in [0.3, 0.4) is 0 Å². The molecule has 0 radical (unpaired) electrons. The minimum absolute atomic E-state index is 0.0490. The zero-order valence-electron chi connectivity index (χ0n) is 20.4. The van der Waals surface area contributed by atoms with Gasteiger partial charge < -0.3 is 10.6 Å². The van der Waals surface area contributed by atoms with Crippen molar-refractivity contribution in [2.24, 2.45) is 0 Å². The molecule has 1 aromatic carbocycles. The Balaban J connectivity index is 1.63. The van der Waals surface area contributed by atoms with Crippen molar-refractivity contribution in [2.45, 2.75) is 59.0 Å². The molecule has 8 nitrogen and oxygen atoms in total. The van der Waals surface area contributed by atoms with Gasteiger partial charge in [0.15, 0.2) is 11.5 Å². The molecule has 0 bridgehead atoms. The van der Waals surface area contributed by atoms with E-state index in [4.69, 9.17) is 4.98 Å². The van der Waals surface area contributed by atoms with Gasteiger partial charge >= 0.3 is 0 Å². The topological polar surface area (TPSA) is 89.7 Å². The first kappa shape index (κ1) is 22.3. The summed E-state index contributed by atoms with van der Waals surface area (Å²) in [6.45, 7) is 12.3. The summed E-state index contributed by atoms with van der Waals surface area (Å²) in [6.07, 6.45) is 4.43. The molecule has 0 amide bonds. The summed E-state index contributed by atoms with van der Waals surface area (Å²) < 4.78 is 3.52. The molecule has 0 saturated heterocycles. The standard InChI is InChI=1S/C26H31N7O/c1-16(2)32-24(34)21-15-29-25(30-20-7-6-17-8-10-27-14-18(17)12-20)31-23(21)33(32)22-13-19(9-11-28-22)26(3,4)5/h6-7,9,11-13,15-16,27H,8,10,14H2,1-5H3,(H,29,30,31). The molecule has 34 heavy (non-hydrogen) atoms. The van der Waals surface area contributed by atoms with Gasteiger partial charge in [0.1, 0.15) is 5.39 Å². The van der Waals surface area contributed by atoms with Gasteiger partial charge in [0.2, 0.25) is 5.95 Å². The Bertz CT molecular complexity index is 1430. The summed E-state index contributed by atoms with van der Waals surface area (Å²) in [5, 5.41) is 7.20. The molecule has 2 N–H and O–H groups in total. The minimum Gasteiger partial charge on any atom is -0.324 e. The third kappa shape index (κ3) is 3.98. The molecule has 5 rings (SSSR count). The van der Waals surface area contributed by atoms with Crippen molar-refractivity contribution in [1.82, 2.24) is 29.6 Å². The fourth-order valence-corrected chi connectivity index (χ4v) is 4.43. The molecule has 0 unspecified atom stereocenters. The van der Waals surface area contributed by atoms with Crippen LogP contribution in [-0.2, 0) is 18.4 Å². The number of pyridine rings is 1. The maximum Gasteiger partial charge on any atom is 0.278 e. The van der Waals surface area contributed by atoms with E-state index in [9.17, 15) is 4.79 Å². The SMILES string of the molecule is CC(C)n1c(=O)c2cnc(Nc3ccc4c(c3)CNCC4)nc2n1-c1cc(C(C)(C)C)ccn1. The Morgan fingerprint density at radius 3 is 2.68 bits per heavy atom. The Morgan fingerprint density at radius 1 is 1.09 bits per heavy atom. The lowest BCUT2D eigenvalue weighted by Crippen LogP contribution is -2.25. The number of nitrogens with zero attached hydrogens (tertiary/aromatic N) is 5. The lowest BCUT2D eigenvalue weighted by atomic mass is 9.88. The van der Waals surface area contributed by atoms with E-state index in [1.165, 1.54) is 11.1 Å². The third-order valence-corrected chi connectivity index (χ3v) is 6.29. The summed E-state index contributed by atoms with van der Waals surface area (Å²) in [5.41, 5.74) is 5.07. The monoisotopic (exact) mass is 457 g/mol. The number of hydrogen-bond acceptors (Lipinski definition) is 6.